The van der Waals surface area contributed by atoms with Gasteiger partial charge in [-0.15, -0.1) is 24.2 Å². The third kappa shape index (κ3) is 4.69. The van der Waals surface area contributed by atoms with E-state index < -0.39 is 9.84 Å². The number of rotatable bonds is 5. The molecule has 6 nitrogen and oxygen atoms in total. The highest BCUT2D eigenvalue weighted by molar-refractivity contribution is 8.01. The van der Waals surface area contributed by atoms with Crippen molar-refractivity contribution >= 4 is 34.0 Å². The number of aromatic nitrogens is 2. The molecule has 3 rings (SSSR count). The van der Waals surface area contributed by atoms with Gasteiger partial charge in [-0.1, -0.05) is 29.4 Å². The first kappa shape index (κ1) is 18.3. The van der Waals surface area contributed by atoms with Crippen LogP contribution in [0.5, 0.6) is 0 Å². The SMILES string of the molecule is Cl.NCc1ccc(-c2noc(CSC3CCS(=O)(=O)C3)n2)cc1. The lowest BCUT2D eigenvalue weighted by Gasteiger charge is -2.03. The van der Waals surface area contributed by atoms with Gasteiger partial charge in [-0.3, -0.25) is 0 Å². The summed E-state index contributed by atoms with van der Waals surface area (Å²) in [5.41, 5.74) is 7.49. The Morgan fingerprint density at radius 3 is 2.65 bits per heavy atom. The Kier molecular flexibility index (Phi) is 6.07. The first-order valence-corrected chi connectivity index (χ1v) is 9.87. The number of nitrogens with two attached hydrogens (primary N) is 1. The summed E-state index contributed by atoms with van der Waals surface area (Å²) in [7, 11) is -2.84. The van der Waals surface area contributed by atoms with Crippen molar-refractivity contribution in [2.24, 2.45) is 5.73 Å². The van der Waals surface area contributed by atoms with Crippen LogP contribution < -0.4 is 5.73 Å². The van der Waals surface area contributed by atoms with Crippen LogP contribution in [0.25, 0.3) is 11.4 Å². The zero-order valence-corrected chi connectivity index (χ0v) is 14.8. The molecule has 0 spiro atoms. The van der Waals surface area contributed by atoms with E-state index in [1.54, 1.807) is 11.8 Å². The van der Waals surface area contributed by atoms with Gasteiger partial charge < -0.3 is 10.3 Å². The first-order chi connectivity index (χ1) is 10.6. The van der Waals surface area contributed by atoms with Crippen LogP contribution in [-0.4, -0.2) is 35.3 Å². The lowest BCUT2D eigenvalue weighted by atomic mass is 10.1. The number of halogens is 1. The maximum atomic E-state index is 11.4. The number of sulfone groups is 1. The fraction of sp³-hybridized carbons (Fsp3) is 0.429. The molecule has 9 heteroatoms. The summed E-state index contributed by atoms with van der Waals surface area (Å²) >= 11 is 1.56. The maximum Gasteiger partial charge on any atom is 0.236 e. The van der Waals surface area contributed by atoms with Crippen molar-refractivity contribution in [3.8, 4) is 11.4 Å². The Morgan fingerprint density at radius 1 is 1.30 bits per heavy atom. The predicted molar refractivity (Wildman–Crippen MR) is 93.2 cm³/mol. The van der Waals surface area contributed by atoms with Gasteiger partial charge in [0, 0.05) is 17.4 Å². The monoisotopic (exact) mass is 375 g/mol. The molecule has 1 saturated heterocycles. The number of hydrogen-bond donors (Lipinski definition) is 1. The van der Waals surface area contributed by atoms with Gasteiger partial charge in [-0.25, -0.2) is 8.42 Å². The van der Waals surface area contributed by atoms with Gasteiger partial charge in [-0.2, -0.15) is 4.98 Å². The van der Waals surface area contributed by atoms with Gasteiger partial charge in [0.25, 0.3) is 0 Å². The predicted octanol–water partition coefficient (Wildman–Crippen LogP) is 2.04. The minimum absolute atomic E-state index is 0. The highest BCUT2D eigenvalue weighted by Gasteiger charge is 2.28. The van der Waals surface area contributed by atoms with E-state index in [9.17, 15) is 8.42 Å². The Bertz CT molecular complexity index is 747. The smallest absolute Gasteiger partial charge is 0.236 e. The van der Waals surface area contributed by atoms with E-state index in [1.807, 2.05) is 24.3 Å². The summed E-state index contributed by atoms with van der Waals surface area (Å²) in [6.07, 6.45) is 0.703. The van der Waals surface area contributed by atoms with Gasteiger partial charge in [0.15, 0.2) is 9.84 Å². The largest absolute Gasteiger partial charge is 0.338 e. The highest BCUT2D eigenvalue weighted by Crippen LogP contribution is 2.27. The average molecular weight is 376 g/mol. The minimum Gasteiger partial charge on any atom is -0.338 e. The summed E-state index contributed by atoms with van der Waals surface area (Å²) in [6.45, 7) is 0.499. The molecular weight excluding hydrogens is 358 g/mol. The first-order valence-electron chi connectivity index (χ1n) is 7.00. The Hall–Kier alpha value is -1.09. The van der Waals surface area contributed by atoms with Gasteiger partial charge in [-0.05, 0) is 12.0 Å². The fourth-order valence-corrected chi connectivity index (χ4v) is 5.78. The lowest BCUT2D eigenvalue weighted by Crippen LogP contribution is -2.06. The molecule has 1 aliphatic heterocycles. The van der Waals surface area contributed by atoms with E-state index in [2.05, 4.69) is 10.1 Å². The maximum absolute atomic E-state index is 11.4. The molecule has 0 aliphatic carbocycles. The van der Waals surface area contributed by atoms with Crippen molar-refractivity contribution in [1.82, 2.24) is 10.1 Å². The number of nitrogens with zero attached hydrogens (tertiary/aromatic N) is 2. The topological polar surface area (TPSA) is 99.1 Å². The summed E-state index contributed by atoms with van der Waals surface area (Å²) in [5, 5.41) is 4.10. The number of benzene rings is 1. The number of thioether (sulfide) groups is 1. The second-order valence-electron chi connectivity index (χ2n) is 5.25. The molecule has 126 valence electrons. The van der Waals surface area contributed by atoms with Crippen LogP contribution >= 0.6 is 24.2 Å². The highest BCUT2D eigenvalue weighted by atomic mass is 35.5. The third-order valence-electron chi connectivity index (χ3n) is 3.55. The van der Waals surface area contributed by atoms with Gasteiger partial charge in [0.1, 0.15) is 0 Å². The lowest BCUT2D eigenvalue weighted by molar-refractivity contribution is 0.391. The van der Waals surface area contributed by atoms with Crippen molar-refractivity contribution < 1.29 is 12.9 Å². The molecule has 1 atom stereocenters. The van der Waals surface area contributed by atoms with Crippen LogP contribution in [0.3, 0.4) is 0 Å². The third-order valence-corrected chi connectivity index (χ3v) is 6.82. The van der Waals surface area contributed by atoms with Crippen molar-refractivity contribution in [3.63, 3.8) is 0 Å². The summed E-state index contributed by atoms with van der Waals surface area (Å²) in [6, 6.07) is 7.69. The zero-order valence-electron chi connectivity index (χ0n) is 12.3. The molecule has 1 fully saturated rings. The summed E-state index contributed by atoms with van der Waals surface area (Å²) in [4.78, 5) is 4.35. The van der Waals surface area contributed by atoms with Crippen LogP contribution in [0.2, 0.25) is 0 Å². The molecule has 1 unspecified atom stereocenters. The quantitative estimate of drug-likeness (QED) is 0.853. The van der Waals surface area contributed by atoms with Crippen molar-refractivity contribution in [2.75, 3.05) is 11.5 Å². The molecule has 0 amide bonds. The fourth-order valence-electron chi connectivity index (χ4n) is 2.30. The van der Waals surface area contributed by atoms with E-state index in [0.29, 0.717) is 30.4 Å². The molecule has 2 N–H and O–H groups in total. The molecule has 1 aromatic heterocycles. The van der Waals surface area contributed by atoms with Crippen LogP contribution in [0.1, 0.15) is 17.9 Å². The molecule has 23 heavy (non-hydrogen) atoms. The minimum atomic E-state index is -2.84. The Labute approximate surface area is 145 Å². The van der Waals surface area contributed by atoms with E-state index in [4.69, 9.17) is 10.3 Å². The summed E-state index contributed by atoms with van der Waals surface area (Å²) < 4.78 is 28.1. The van der Waals surface area contributed by atoms with E-state index >= 15 is 0 Å². The molecule has 1 aliphatic rings. The molecule has 1 aromatic carbocycles. The van der Waals surface area contributed by atoms with Crippen molar-refractivity contribution in [3.05, 3.63) is 35.7 Å². The molecule has 0 saturated carbocycles. The van der Waals surface area contributed by atoms with Crippen LogP contribution in [0.15, 0.2) is 28.8 Å². The van der Waals surface area contributed by atoms with E-state index in [-0.39, 0.29) is 29.2 Å². The van der Waals surface area contributed by atoms with Crippen molar-refractivity contribution in [2.45, 2.75) is 24.0 Å². The number of hydrogen-bond acceptors (Lipinski definition) is 7. The Morgan fingerprint density at radius 2 is 2.04 bits per heavy atom. The molecular formula is C14H18ClN3O3S2. The normalized spacial score (nSPS) is 19.4. The van der Waals surface area contributed by atoms with E-state index in [1.165, 1.54) is 0 Å². The molecule has 2 heterocycles. The van der Waals surface area contributed by atoms with Crippen molar-refractivity contribution in [1.29, 1.82) is 0 Å². The Balaban J connectivity index is 0.00000192. The average Bonchev–Trinajstić information content (AvgIpc) is 3.11. The second-order valence-corrected chi connectivity index (χ2v) is 8.77. The van der Waals surface area contributed by atoms with Crippen LogP contribution in [0.4, 0.5) is 0 Å². The second kappa shape index (κ2) is 7.65. The molecule has 0 radical (unpaired) electrons. The zero-order chi connectivity index (χ0) is 15.6. The summed E-state index contributed by atoms with van der Waals surface area (Å²) in [5.74, 6) is 2.13. The van der Waals surface area contributed by atoms with Gasteiger partial charge >= 0.3 is 0 Å². The van der Waals surface area contributed by atoms with Gasteiger partial charge in [0.05, 0.1) is 17.3 Å². The standard InChI is InChI=1S/C14H17N3O3S2.ClH/c15-7-10-1-3-11(4-2-10)14-16-13(20-17-14)8-21-12-5-6-22(18,19)9-12;/h1-4,12H,5-9,15H2;1H. The molecule has 0 bridgehead atoms. The molecule has 2 aromatic rings. The van der Waals surface area contributed by atoms with Crippen LogP contribution in [-0.2, 0) is 22.1 Å². The van der Waals surface area contributed by atoms with Gasteiger partial charge in [0.2, 0.25) is 11.7 Å². The van der Waals surface area contributed by atoms with Crippen LogP contribution in [0, 0.1) is 0 Å². The van der Waals surface area contributed by atoms with E-state index in [0.717, 1.165) is 11.1 Å².